The molecule has 11 rings (SSSR count). The summed E-state index contributed by atoms with van der Waals surface area (Å²) in [6.07, 6.45) is 6.98. The zero-order valence-electron chi connectivity index (χ0n) is 26.1. The van der Waals surface area contributed by atoms with E-state index in [0.717, 1.165) is 0 Å². The summed E-state index contributed by atoms with van der Waals surface area (Å²) < 4.78 is 2.49. The normalized spacial score (nSPS) is 17.1. The van der Waals surface area contributed by atoms with Crippen molar-refractivity contribution in [1.29, 1.82) is 0 Å². The lowest BCUT2D eigenvalue weighted by atomic mass is 9.85. The quantitative estimate of drug-likeness (QED) is 0.176. The molecule has 0 N–H and O–H groups in total. The molecule has 2 heterocycles. The second kappa shape index (κ2) is 9.97. The number of rotatable bonds is 3. The number of fused-ring (bicyclic) bond motifs is 6. The lowest BCUT2D eigenvalue weighted by Gasteiger charge is -2.24. The third kappa shape index (κ3) is 3.64. The molecule has 48 heavy (non-hydrogen) atoms. The highest BCUT2D eigenvalue weighted by Gasteiger charge is 2.35. The molecule has 2 unspecified atom stereocenters. The summed E-state index contributed by atoms with van der Waals surface area (Å²) in [7, 11) is 0. The van der Waals surface area contributed by atoms with E-state index in [1.165, 1.54) is 92.5 Å². The average molecular weight is 628 g/mol. The van der Waals surface area contributed by atoms with E-state index in [1.807, 2.05) is 11.8 Å². The summed E-state index contributed by atoms with van der Waals surface area (Å²) in [6, 6.07) is 54.4. The van der Waals surface area contributed by atoms with Gasteiger partial charge in [-0.25, -0.2) is 0 Å². The first-order valence-electron chi connectivity index (χ1n) is 16.8. The smallest absolute Gasteiger partial charge is 0.0541 e. The number of hydrogen-bond donors (Lipinski definition) is 0. The third-order valence-electron chi connectivity index (χ3n) is 10.7. The molecule has 0 spiro atoms. The number of para-hydroxylation sites is 2. The van der Waals surface area contributed by atoms with E-state index in [4.69, 9.17) is 0 Å². The summed E-state index contributed by atoms with van der Waals surface area (Å²) in [5.41, 5.74) is 10.4. The average Bonchev–Trinajstić information content (AvgIpc) is 3.69. The predicted octanol–water partition coefficient (Wildman–Crippen LogP) is 12.6. The van der Waals surface area contributed by atoms with Crippen LogP contribution in [-0.2, 0) is 0 Å². The van der Waals surface area contributed by atoms with Gasteiger partial charge in [0.1, 0.15) is 0 Å². The first-order chi connectivity index (χ1) is 23.8. The molecule has 0 saturated carbocycles. The molecule has 224 valence electrons. The van der Waals surface area contributed by atoms with Gasteiger partial charge >= 0.3 is 0 Å². The molecular weight excluding hydrogens is 599 g/mol. The van der Waals surface area contributed by atoms with E-state index in [-0.39, 0.29) is 0 Å². The molecule has 2 aliphatic rings. The van der Waals surface area contributed by atoms with E-state index < -0.39 is 0 Å². The van der Waals surface area contributed by atoms with Gasteiger partial charge in [0.2, 0.25) is 0 Å². The number of nitrogens with zero attached hydrogens (tertiary/aromatic N) is 1. The summed E-state index contributed by atoms with van der Waals surface area (Å²) in [5.74, 6) is 0.318. The van der Waals surface area contributed by atoms with Gasteiger partial charge in [-0.2, -0.15) is 0 Å². The van der Waals surface area contributed by atoms with E-state index in [9.17, 15) is 0 Å². The van der Waals surface area contributed by atoms with E-state index >= 15 is 0 Å². The van der Waals surface area contributed by atoms with Crippen LogP contribution in [0, 0.1) is 0 Å². The fourth-order valence-electron chi connectivity index (χ4n) is 8.60. The molecule has 1 aromatic heterocycles. The standard InChI is InChI=1S/C46H29NS/c1-4-16-40(34(11-1)33-24-21-30-20-19-28-9-7-10-29-22-25-37(33)45(30)44(28)29)47-41-17-5-2-12-35(41)39-27-31(23-26-42(39)47)32-14-8-15-38-36-13-3-6-18-43(36)48-46(32)38/h1-27,32,46H. The minimum absolute atomic E-state index is 0.318. The molecule has 0 bridgehead atoms. The maximum atomic E-state index is 2.49. The van der Waals surface area contributed by atoms with Gasteiger partial charge in [0, 0.05) is 32.4 Å². The van der Waals surface area contributed by atoms with Crippen molar-refractivity contribution in [2.45, 2.75) is 16.1 Å². The molecule has 1 aliphatic heterocycles. The van der Waals surface area contributed by atoms with Gasteiger partial charge < -0.3 is 4.57 Å². The zero-order valence-corrected chi connectivity index (χ0v) is 26.9. The largest absolute Gasteiger partial charge is 0.309 e. The van der Waals surface area contributed by atoms with Crippen molar-refractivity contribution in [1.82, 2.24) is 4.57 Å². The van der Waals surface area contributed by atoms with Gasteiger partial charge in [-0.05, 0) is 84.9 Å². The Morgan fingerprint density at radius 1 is 0.500 bits per heavy atom. The monoisotopic (exact) mass is 627 g/mol. The molecule has 0 fully saturated rings. The van der Waals surface area contributed by atoms with Crippen LogP contribution in [0.2, 0.25) is 0 Å². The van der Waals surface area contributed by atoms with Gasteiger partial charge in [0.15, 0.2) is 0 Å². The Labute approximate surface area is 282 Å². The van der Waals surface area contributed by atoms with Crippen molar-refractivity contribution in [3.8, 4) is 16.8 Å². The van der Waals surface area contributed by atoms with Crippen LogP contribution in [0.5, 0.6) is 0 Å². The lowest BCUT2D eigenvalue weighted by molar-refractivity contribution is 0.893. The summed E-state index contributed by atoms with van der Waals surface area (Å²) in [4.78, 5) is 1.39. The van der Waals surface area contributed by atoms with Crippen LogP contribution in [0.4, 0.5) is 0 Å². The maximum Gasteiger partial charge on any atom is 0.0541 e. The maximum absolute atomic E-state index is 2.49. The minimum atomic E-state index is 0.318. The molecule has 9 aromatic rings. The number of aromatic nitrogens is 1. The van der Waals surface area contributed by atoms with Crippen LogP contribution in [0.3, 0.4) is 0 Å². The fraction of sp³-hybridized carbons (Fsp3) is 0.0435. The van der Waals surface area contributed by atoms with Crippen molar-refractivity contribution in [2.24, 2.45) is 0 Å². The first-order valence-corrected chi connectivity index (χ1v) is 17.6. The van der Waals surface area contributed by atoms with Gasteiger partial charge in [0.25, 0.3) is 0 Å². The Morgan fingerprint density at radius 2 is 1.23 bits per heavy atom. The highest BCUT2D eigenvalue weighted by atomic mass is 32.2. The van der Waals surface area contributed by atoms with Gasteiger partial charge in [0.05, 0.1) is 16.7 Å². The number of hydrogen-bond acceptors (Lipinski definition) is 1. The zero-order chi connectivity index (χ0) is 31.3. The minimum Gasteiger partial charge on any atom is -0.309 e. The Balaban J connectivity index is 1.11. The van der Waals surface area contributed by atoms with Crippen LogP contribution in [0.15, 0.2) is 169 Å². The van der Waals surface area contributed by atoms with Crippen molar-refractivity contribution in [3.63, 3.8) is 0 Å². The van der Waals surface area contributed by atoms with Crippen molar-refractivity contribution in [3.05, 3.63) is 175 Å². The Bertz CT molecular complexity index is 2820. The fourth-order valence-corrected chi connectivity index (χ4v) is 10.1. The van der Waals surface area contributed by atoms with E-state index in [2.05, 4.69) is 168 Å². The molecule has 1 aliphatic carbocycles. The highest BCUT2D eigenvalue weighted by molar-refractivity contribution is 8.01. The Kier molecular flexibility index (Phi) is 5.50. The molecule has 8 aromatic carbocycles. The summed E-state index contributed by atoms with van der Waals surface area (Å²) in [5, 5.41) is 10.9. The number of benzene rings is 8. The van der Waals surface area contributed by atoms with Gasteiger partial charge in [-0.3, -0.25) is 0 Å². The van der Waals surface area contributed by atoms with Gasteiger partial charge in [-0.15, -0.1) is 11.8 Å². The second-order valence-corrected chi connectivity index (χ2v) is 14.4. The summed E-state index contributed by atoms with van der Waals surface area (Å²) in [6.45, 7) is 0. The van der Waals surface area contributed by atoms with Crippen LogP contribution in [-0.4, -0.2) is 9.82 Å². The van der Waals surface area contributed by atoms with Crippen LogP contribution in [0.25, 0.3) is 76.5 Å². The lowest BCUT2D eigenvalue weighted by Crippen LogP contribution is -2.14. The molecule has 2 heteroatoms. The van der Waals surface area contributed by atoms with E-state index in [1.54, 1.807) is 0 Å². The Morgan fingerprint density at radius 3 is 2.15 bits per heavy atom. The van der Waals surface area contributed by atoms with Crippen LogP contribution in [0.1, 0.15) is 17.0 Å². The van der Waals surface area contributed by atoms with Crippen molar-refractivity contribution >= 4 is 71.5 Å². The predicted molar refractivity (Wildman–Crippen MR) is 206 cm³/mol. The Hall–Kier alpha value is -5.57. The third-order valence-corrected chi connectivity index (χ3v) is 12.1. The highest BCUT2D eigenvalue weighted by Crippen LogP contribution is 2.53. The first kappa shape index (κ1) is 26.5. The van der Waals surface area contributed by atoms with Crippen molar-refractivity contribution in [2.75, 3.05) is 0 Å². The van der Waals surface area contributed by atoms with Crippen LogP contribution < -0.4 is 0 Å². The molecule has 2 atom stereocenters. The topological polar surface area (TPSA) is 4.93 Å². The number of thioether (sulfide) groups is 1. The van der Waals surface area contributed by atoms with Gasteiger partial charge in [-0.1, -0.05) is 133 Å². The molecule has 0 radical (unpaired) electrons. The molecule has 0 saturated heterocycles. The summed E-state index contributed by atoms with van der Waals surface area (Å²) >= 11 is 2.01. The molecule has 0 amide bonds. The second-order valence-electron chi connectivity index (χ2n) is 13.2. The molecular formula is C46H29NS. The van der Waals surface area contributed by atoms with Crippen molar-refractivity contribution < 1.29 is 0 Å². The molecule has 1 nitrogen and oxygen atoms in total. The number of allylic oxidation sites excluding steroid dienone is 3. The van der Waals surface area contributed by atoms with Crippen LogP contribution >= 0.6 is 11.8 Å². The SMILES string of the molecule is C1=CC(c2ccc3c(c2)c2ccccc2n3-c2ccccc2-c2ccc3ccc4cccc5ccc2c3c45)C2Sc3ccccc3C2=C1. The van der Waals surface area contributed by atoms with E-state index in [0.29, 0.717) is 11.2 Å².